The second kappa shape index (κ2) is 10.1. The third-order valence-electron chi connectivity index (χ3n) is 10.4. The van der Waals surface area contributed by atoms with Crippen molar-refractivity contribution in [3.05, 3.63) is 46.9 Å². The maximum Gasteiger partial charge on any atom is 0.319 e. The zero-order valence-electron chi connectivity index (χ0n) is 24.1. The number of nitrogens with one attached hydrogen (secondary N) is 1. The fourth-order valence-corrected chi connectivity index (χ4v) is 8.23. The number of terminal acetylenes is 1. The van der Waals surface area contributed by atoms with E-state index in [4.69, 9.17) is 21.1 Å². The van der Waals surface area contributed by atoms with Gasteiger partial charge in [-0.05, 0) is 75.6 Å². The molecule has 43 heavy (non-hydrogen) atoms. The summed E-state index contributed by atoms with van der Waals surface area (Å²) in [6.45, 7) is 4.71. The fraction of sp³-hybridized carbons (Fsp3) is 0.485. The number of piperidine rings is 2. The highest BCUT2D eigenvalue weighted by atomic mass is 19.1. The van der Waals surface area contributed by atoms with Gasteiger partial charge in [0.1, 0.15) is 29.7 Å². The van der Waals surface area contributed by atoms with Gasteiger partial charge in [-0.25, -0.2) is 4.39 Å². The molecule has 2 bridgehead atoms. The number of nitrogens with zero attached hydrogens (tertiary/aromatic N) is 5. The van der Waals surface area contributed by atoms with Gasteiger partial charge in [-0.2, -0.15) is 9.97 Å². The van der Waals surface area contributed by atoms with Gasteiger partial charge in [0.05, 0.1) is 16.8 Å². The van der Waals surface area contributed by atoms with Crippen molar-refractivity contribution in [2.45, 2.75) is 62.6 Å². The van der Waals surface area contributed by atoms with E-state index in [2.05, 4.69) is 21.0 Å². The summed E-state index contributed by atoms with van der Waals surface area (Å²) in [5.74, 6) is 2.32. The van der Waals surface area contributed by atoms with Gasteiger partial charge >= 0.3 is 6.01 Å². The van der Waals surface area contributed by atoms with Crippen molar-refractivity contribution >= 4 is 28.2 Å². The van der Waals surface area contributed by atoms with E-state index in [9.17, 15) is 14.3 Å². The maximum atomic E-state index is 14.8. The molecule has 5 saturated heterocycles. The molecular weight excluding hydrogens is 547 g/mol. The number of aromatic hydroxyl groups is 1. The molecule has 2 N–H and O–H groups in total. The van der Waals surface area contributed by atoms with Crippen LogP contribution >= 0.6 is 0 Å². The molecule has 1 amide bonds. The molecule has 3 aromatic rings. The van der Waals surface area contributed by atoms with Crippen LogP contribution in [-0.4, -0.2) is 82.8 Å². The van der Waals surface area contributed by atoms with Crippen molar-refractivity contribution < 1.29 is 19.0 Å². The molecular formula is C33H35FN6O3. The summed E-state index contributed by atoms with van der Waals surface area (Å²) in [7, 11) is 0. The molecule has 10 heteroatoms. The van der Waals surface area contributed by atoms with E-state index in [1.807, 2.05) is 0 Å². The van der Waals surface area contributed by atoms with Gasteiger partial charge in [0.15, 0.2) is 0 Å². The summed E-state index contributed by atoms with van der Waals surface area (Å²) >= 11 is 0. The summed E-state index contributed by atoms with van der Waals surface area (Å²) in [5.41, 5.74) is 1.55. The molecule has 222 valence electrons. The zero-order valence-corrected chi connectivity index (χ0v) is 24.1. The van der Waals surface area contributed by atoms with Crippen molar-refractivity contribution in [1.82, 2.24) is 20.2 Å². The summed E-state index contributed by atoms with van der Waals surface area (Å²) in [6.07, 6.45) is 12.9. The Kier molecular flexibility index (Phi) is 6.24. The van der Waals surface area contributed by atoms with Crippen LogP contribution in [0.25, 0.3) is 10.8 Å². The van der Waals surface area contributed by atoms with E-state index < -0.39 is 5.82 Å². The Morgan fingerprint density at radius 1 is 1.16 bits per heavy atom. The molecule has 2 aromatic carbocycles. The van der Waals surface area contributed by atoms with E-state index in [1.165, 1.54) is 18.2 Å². The van der Waals surface area contributed by atoms with Gasteiger partial charge in [0, 0.05) is 48.7 Å². The molecule has 9 rings (SSSR count). The van der Waals surface area contributed by atoms with Gasteiger partial charge in [-0.1, -0.05) is 12.0 Å². The van der Waals surface area contributed by atoms with Crippen LogP contribution < -0.4 is 19.9 Å². The predicted molar refractivity (Wildman–Crippen MR) is 161 cm³/mol. The summed E-state index contributed by atoms with van der Waals surface area (Å²) in [6, 6.07) is 6.76. The Labute approximate surface area is 250 Å². The fourth-order valence-electron chi connectivity index (χ4n) is 8.23. The number of hydrogen-bond donors (Lipinski definition) is 2. The molecule has 5 fully saturated rings. The Morgan fingerprint density at radius 3 is 2.72 bits per heavy atom. The number of halogens is 1. The third-order valence-corrected chi connectivity index (χ3v) is 10.4. The van der Waals surface area contributed by atoms with Crippen molar-refractivity contribution in [3.63, 3.8) is 0 Å². The lowest BCUT2D eigenvalue weighted by Gasteiger charge is -2.47. The zero-order chi connectivity index (χ0) is 29.3. The number of rotatable bonds is 5. The van der Waals surface area contributed by atoms with Crippen LogP contribution in [0.5, 0.6) is 11.8 Å². The summed E-state index contributed by atoms with van der Waals surface area (Å²) < 4.78 is 21.2. The highest BCUT2D eigenvalue weighted by Crippen LogP contribution is 2.41. The first kappa shape index (κ1) is 26.7. The number of hydrogen-bond acceptors (Lipinski definition) is 8. The smallest absolute Gasteiger partial charge is 0.319 e. The SMILES string of the molecule is C#Cc1c(F)ccc2cc(O)cc(N3CCc4c(nc(OCC56CCCN5CCC6)nc4N4CC5CCC4CN5)C3=O)c12. The van der Waals surface area contributed by atoms with E-state index in [-0.39, 0.29) is 28.8 Å². The van der Waals surface area contributed by atoms with E-state index in [0.717, 1.165) is 76.1 Å². The second-order valence-corrected chi connectivity index (χ2v) is 12.7. The second-order valence-electron chi connectivity index (χ2n) is 12.7. The maximum absolute atomic E-state index is 14.8. The number of aromatic nitrogens is 2. The third kappa shape index (κ3) is 4.24. The number of carbonyl (C=O) groups excluding carboxylic acids is 1. The van der Waals surface area contributed by atoms with Gasteiger partial charge in [-0.15, -0.1) is 6.42 Å². The Morgan fingerprint density at radius 2 is 2.00 bits per heavy atom. The van der Waals surface area contributed by atoms with Crippen LogP contribution in [0.1, 0.15) is 60.1 Å². The number of anilines is 2. The highest BCUT2D eigenvalue weighted by molar-refractivity contribution is 6.13. The van der Waals surface area contributed by atoms with Crippen LogP contribution in [0, 0.1) is 18.2 Å². The molecule has 0 radical (unpaired) electrons. The number of piperazine rings is 1. The van der Waals surface area contributed by atoms with Gasteiger partial charge in [0.25, 0.3) is 5.91 Å². The number of fused-ring (bicyclic) bond motifs is 6. The van der Waals surface area contributed by atoms with Crippen molar-refractivity contribution in [1.29, 1.82) is 0 Å². The van der Waals surface area contributed by atoms with E-state index in [1.54, 1.807) is 11.0 Å². The molecule has 0 aliphatic carbocycles. The van der Waals surface area contributed by atoms with Crippen LogP contribution in [0.3, 0.4) is 0 Å². The largest absolute Gasteiger partial charge is 0.508 e. The summed E-state index contributed by atoms with van der Waals surface area (Å²) in [4.78, 5) is 30.5. The number of benzene rings is 2. The number of phenols is 1. The first-order valence-electron chi connectivity index (χ1n) is 15.5. The minimum Gasteiger partial charge on any atom is -0.508 e. The number of ether oxygens (including phenoxy) is 1. The molecule has 2 atom stereocenters. The average Bonchev–Trinajstić information content (AvgIpc) is 3.61. The predicted octanol–water partition coefficient (Wildman–Crippen LogP) is 3.61. The quantitative estimate of drug-likeness (QED) is 0.441. The minimum atomic E-state index is -0.548. The lowest BCUT2D eigenvalue weighted by Crippen LogP contribution is -2.61. The van der Waals surface area contributed by atoms with Crippen molar-refractivity contribution in [3.8, 4) is 24.1 Å². The standard InChI is InChI=1S/C33H35FN6O3/c1-2-24-26(34)8-5-20-15-23(41)16-27(28(20)24)39-14-9-25-29(31(39)42)36-32(43-19-33-10-3-12-38(33)13-4-11-33)37-30(25)40-18-21-6-7-22(40)17-35-21/h1,5,8,15-16,21-22,35,41H,3-4,6-7,9-14,17-19H2. The Hall–Kier alpha value is -3.94. The lowest BCUT2D eigenvalue weighted by atomic mass is 9.92. The van der Waals surface area contributed by atoms with E-state index >= 15 is 0 Å². The molecule has 9 nitrogen and oxygen atoms in total. The van der Waals surface area contributed by atoms with E-state index in [0.29, 0.717) is 53.8 Å². The van der Waals surface area contributed by atoms with Crippen molar-refractivity contribution in [2.24, 2.45) is 0 Å². The first-order valence-corrected chi connectivity index (χ1v) is 15.5. The van der Waals surface area contributed by atoms with Gasteiger partial charge in [0.2, 0.25) is 0 Å². The summed E-state index contributed by atoms with van der Waals surface area (Å²) in [5, 5.41) is 15.2. The monoisotopic (exact) mass is 582 g/mol. The van der Waals surface area contributed by atoms with Gasteiger partial charge < -0.3 is 25.0 Å². The molecule has 1 aromatic heterocycles. The molecule has 6 aliphatic rings. The first-order chi connectivity index (χ1) is 20.9. The van der Waals surface area contributed by atoms with Crippen LogP contribution in [0.2, 0.25) is 0 Å². The minimum absolute atomic E-state index is 0.0137. The molecule has 0 saturated carbocycles. The number of amides is 1. The topological polar surface area (TPSA) is 94.1 Å². The van der Waals surface area contributed by atoms with Crippen molar-refractivity contribution in [2.75, 3.05) is 49.1 Å². The lowest BCUT2D eigenvalue weighted by molar-refractivity contribution is 0.0963. The molecule has 7 heterocycles. The normalized spacial score (nSPS) is 24.3. The highest BCUT2D eigenvalue weighted by Gasteiger charge is 2.45. The van der Waals surface area contributed by atoms with Gasteiger partial charge in [-0.3, -0.25) is 9.69 Å². The Bertz CT molecular complexity index is 1670. The number of phenolic OH excluding ortho intramolecular Hbond substituents is 1. The molecule has 2 unspecified atom stereocenters. The van der Waals surface area contributed by atoms with Crippen LogP contribution in [0.15, 0.2) is 24.3 Å². The molecule has 6 aliphatic heterocycles. The average molecular weight is 583 g/mol. The van der Waals surface area contributed by atoms with Crippen LogP contribution in [-0.2, 0) is 6.42 Å². The number of carbonyl (C=O) groups is 1. The molecule has 0 spiro atoms. The van der Waals surface area contributed by atoms with Crippen LogP contribution in [0.4, 0.5) is 15.9 Å². The Balaban J connectivity index is 1.21.